The summed E-state index contributed by atoms with van der Waals surface area (Å²) in [4.78, 5) is 14.3. The number of aliphatic carboxylic acids is 1. The van der Waals surface area contributed by atoms with Gasteiger partial charge in [0.05, 0.1) is 13.7 Å². The quantitative estimate of drug-likeness (QED) is 0.866. The highest BCUT2D eigenvalue weighted by Crippen LogP contribution is 2.42. The van der Waals surface area contributed by atoms with Gasteiger partial charge >= 0.3 is 12.1 Å². The second-order valence-corrected chi connectivity index (χ2v) is 5.53. The zero-order valence-electron chi connectivity index (χ0n) is 12.6. The number of nitrogens with zero attached hydrogens (tertiary/aromatic N) is 1. The summed E-state index contributed by atoms with van der Waals surface area (Å²) in [6.45, 7) is -0.192. The number of rotatable bonds is 6. The van der Waals surface area contributed by atoms with Crippen molar-refractivity contribution in [3.05, 3.63) is 23.4 Å². The summed E-state index contributed by atoms with van der Waals surface area (Å²) >= 11 is 0. The van der Waals surface area contributed by atoms with Crippen LogP contribution in [0.15, 0.2) is 12.3 Å². The molecule has 1 heterocycles. The molecule has 1 saturated carbocycles. The fourth-order valence-electron chi connectivity index (χ4n) is 3.01. The molecule has 0 saturated heterocycles. The Labute approximate surface area is 131 Å². The highest BCUT2D eigenvalue weighted by atomic mass is 19.4. The van der Waals surface area contributed by atoms with Crippen LogP contribution in [0.2, 0.25) is 0 Å². The maximum absolute atomic E-state index is 13.1. The van der Waals surface area contributed by atoms with Crippen molar-refractivity contribution in [1.82, 2.24) is 4.98 Å². The van der Waals surface area contributed by atoms with E-state index in [1.807, 2.05) is 0 Å². The Hall–Kier alpha value is -1.83. The van der Waals surface area contributed by atoms with Crippen LogP contribution in [0.1, 0.15) is 36.3 Å². The Morgan fingerprint density at radius 2 is 2.17 bits per heavy atom. The number of carbonyl (C=O) groups is 1. The van der Waals surface area contributed by atoms with E-state index in [4.69, 9.17) is 9.84 Å². The van der Waals surface area contributed by atoms with Crippen LogP contribution in [0.25, 0.3) is 0 Å². The maximum Gasteiger partial charge on any atom is 0.421 e. The molecule has 128 valence electrons. The normalized spacial score (nSPS) is 21.4. The van der Waals surface area contributed by atoms with Crippen LogP contribution in [0.5, 0.6) is 5.88 Å². The first-order chi connectivity index (χ1) is 10.8. The van der Waals surface area contributed by atoms with E-state index in [1.165, 1.54) is 6.20 Å². The molecule has 23 heavy (non-hydrogen) atoms. The lowest BCUT2D eigenvalue weighted by Gasteiger charge is -2.21. The summed E-state index contributed by atoms with van der Waals surface area (Å²) in [7, 11) is 1.15. The highest BCUT2D eigenvalue weighted by molar-refractivity contribution is 5.67. The molecule has 1 N–H and O–H groups in total. The van der Waals surface area contributed by atoms with Gasteiger partial charge in [-0.15, -0.1) is 0 Å². The van der Waals surface area contributed by atoms with Crippen molar-refractivity contribution in [1.29, 1.82) is 0 Å². The van der Waals surface area contributed by atoms with E-state index < -0.39 is 30.2 Å². The second kappa shape index (κ2) is 7.16. The number of pyridine rings is 1. The summed E-state index contributed by atoms with van der Waals surface area (Å²) in [5, 5.41) is 8.58. The van der Waals surface area contributed by atoms with Gasteiger partial charge in [0.25, 0.3) is 0 Å². The monoisotopic (exact) mass is 333 g/mol. The van der Waals surface area contributed by atoms with Gasteiger partial charge in [0.15, 0.2) is 0 Å². The second-order valence-electron chi connectivity index (χ2n) is 5.53. The van der Waals surface area contributed by atoms with Gasteiger partial charge in [0.2, 0.25) is 5.88 Å². The molecule has 0 bridgehead atoms. The molecule has 1 fully saturated rings. The van der Waals surface area contributed by atoms with Crippen molar-refractivity contribution in [2.75, 3.05) is 20.3 Å². The summed E-state index contributed by atoms with van der Waals surface area (Å²) < 4.78 is 49.0. The number of halogens is 3. The highest BCUT2D eigenvalue weighted by Gasteiger charge is 2.37. The molecule has 0 aromatic carbocycles. The van der Waals surface area contributed by atoms with E-state index in [9.17, 15) is 18.0 Å². The van der Waals surface area contributed by atoms with E-state index in [0.717, 1.165) is 32.4 Å². The number of hydrogen-bond acceptors (Lipinski definition) is 4. The van der Waals surface area contributed by atoms with E-state index in [0.29, 0.717) is 5.56 Å². The third kappa shape index (κ3) is 4.34. The SMILES string of the molecule is COc1ncc(C2CCCC2COCC(=O)O)cc1C(F)(F)F. The van der Waals surface area contributed by atoms with Crippen LogP contribution in [0.3, 0.4) is 0 Å². The first-order valence-corrected chi connectivity index (χ1v) is 7.23. The first-order valence-electron chi connectivity index (χ1n) is 7.23. The Balaban J connectivity index is 2.18. The van der Waals surface area contributed by atoms with E-state index in [2.05, 4.69) is 9.72 Å². The maximum atomic E-state index is 13.1. The average molecular weight is 333 g/mol. The molecule has 0 amide bonds. The summed E-state index contributed by atoms with van der Waals surface area (Å²) in [6.07, 6.45) is -0.764. The largest absolute Gasteiger partial charge is 0.481 e. The lowest BCUT2D eigenvalue weighted by Crippen LogP contribution is -2.18. The predicted octanol–water partition coefficient (Wildman–Crippen LogP) is 3.09. The zero-order valence-corrected chi connectivity index (χ0v) is 12.6. The Bertz CT molecular complexity index is 562. The molecular formula is C15H18F3NO4. The Morgan fingerprint density at radius 3 is 2.78 bits per heavy atom. The number of hydrogen-bond donors (Lipinski definition) is 1. The summed E-state index contributed by atoms with van der Waals surface area (Å²) in [6, 6.07) is 1.08. The number of ether oxygens (including phenoxy) is 2. The molecular weight excluding hydrogens is 315 g/mol. The molecule has 2 rings (SSSR count). The number of methoxy groups -OCH3 is 1. The van der Waals surface area contributed by atoms with Gasteiger partial charge in [-0.05, 0) is 36.3 Å². The molecule has 2 atom stereocenters. The number of alkyl halides is 3. The fourth-order valence-corrected chi connectivity index (χ4v) is 3.01. The Morgan fingerprint density at radius 1 is 1.43 bits per heavy atom. The predicted molar refractivity (Wildman–Crippen MR) is 74.3 cm³/mol. The molecule has 0 aliphatic heterocycles. The molecule has 0 spiro atoms. The van der Waals surface area contributed by atoms with Crippen LogP contribution in [-0.4, -0.2) is 36.4 Å². The van der Waals surface area contributed by atoms with Crippen LogP contribution in [0, 0.1) is 5.92 Å². The minimum atomic E-state index is -4.54. The van der Waals surface area contributed by atoms with Gasteiger partial charge in [-0.1, -0.05) is 6.42 Å². The summed E-state index contributed by atoms with van der Waals surface area (Å²) in [5.41, 5.74) is -0.408. The molecule has 1 aromatic heterocycles. The lowest BCUT2D eigenvalue weighted by molar-refractivity contribution is -0.143. The topological polar surface area (TPSA) is 68.7 Å². The van der Waals surface area contributed by atoms with Gasteiger partial charge in [0.1, 0.15) is 12.2 Å². The Kier molecular flexibility index (Phi) is 5.46. The molecule has 1 aliphatic carbocycles. The van der Waals surface area contributed by atoms with Gasteiger partial charge in [0, 0.05) is 6.20 Å². The smallest absolute Gasteiger partial charge is 0.421 e. The molecule has 5 nitrogen and oxygen atoms in total. The van der Waals surface area contributed by atoms with E-state index in [1.54, 1.807) is 0 Å². The van der Waals surface area contributed by atoms with Crippen LogP contribution < -0.4 is 4.74 Å². The van der Waals surface area contributed by atoms with Crippen LogP contribution in [-0.2, 0) is 15.7 Å². The van der Waals surface area contributed by atoms with Gasteiger partial charge in [-0.25, -0.2) is 9.78 Å². The van der Waals surface area contributed by atoms with Gasteiger partial charge in [-0.3, -0.25) is 0 Å². The third-order valence-corrected chi connectivity index (χ3v) is 4.02. The van der Waals surface area contributed by atoms with Crippen molar-refractivity contribution in [2.45, 2.75) is 31.4 Å². The van der Waals surface area contributed by atoms with Crippen molar-refractivity contribution in [3.63, 3.8) is 0 Å². The first kappa shape index (κ1) is 17.5. The van der Waals surface area contributed by atoms with E-state index in [-0.39, 0.29) is 18.4 Å². The molecule has 1 aromatic rings. The van der Waals surface area contributed by atoms with Crippen molar-refractivity contribution >= 4 is 5.97 Å². The summed E-state index contributed by atoms with van der Waals surface area (Å²) in [5.74, 6) is -1.64. The molecule has 8 heteroatoms. The van der Waals surface area contributed by atoms with Gasteiger partial charge < -0.3 is 14.6 Å². The van der Waals surface area contributed by atoms with Crippen molar-refractivity contribution in [3.8, 4) is 5.88 Å². The standard InChI is InChI=1S/C15H18F3NO4/c1-22-14-12(15(16,17)18)5-10(6-19-14)11-4-2-3-9(11)7-23-8-13(20)21/h5-6,9,11H,2-4,7-8H2,1H3,(H,20,21). The minimum absolute atomic E-state index is 0.00868. The average Bonchev–Trinajstić information content (AvgIpc) is 2.93. The van der Waals surface area contributed by atoms with Crippen molar-refractivity contribution in [2.24, 2.45) is 5.92 Å². The van der Waals surface area contributed by atoms with Crippen LogP contribution in [0.4, 0.5) is 13.2 Å². The fraction of sp³-hybridized carbons (Fsp3) is 0.600. The minimum Gasteiger partial charge on any atom is -0.481 e. The van der Waals surface area contributed by atoms with Crippen LogP contribution >= 0.6 is 0 Å². The van der Waals surface area contributed by atoms with Gasteiger partial charge in [-0.2, -0.15) is 13.2 Å². The molecule has 0 radical (unpaired) electrons. The molecule has 2 unspecified atom stereocenters. The zero-order chi connectivity index (χ0) is 17.0. The lowest BCUT2D eigenvalue weighted by atomic mass is 9.89. The third-order valence-electron chi connectivity index (χ3n) is 4.02. The van der Waals surface area contributed by atoms with E-state index >= 15 is 0 Å². The number of carboxylic acids is 1. The number of carboxylic acid groups (broad SMARTS) is 1. The number of aromatic nitrogens is 1. The molecule has 1 aliphatic rings. The van der Waals surface area contributed by atoms with Crippen molar-refractivity contribution < 1.29 is 32.5 Å².